The fraction of sp³-hybridized carbons (Fsp3) is 0. The summed E-state index contributed by atoms with van der Waals surface area (Å²) in [5.41, 5.74) is 9.77. The highest BCUT2D eigenvalue weighted by Gasteiger charge is 2.18. The lowest BCUT2D eigenvalue weighted by Gasteiger charge is -2.10. The van der Waals surface area contributed by atoms with E-state index in [0.717, 1.165) is 0 Å². The van der Waals surface area contributed by atoms with Gasteiger partial charge < -0.3 is 9.13 Å². The summed E-state index contributed by atoms with van der Waals surface area (Å²) in [6.45, 7) is 0. The van der Waals surface area contributed by atoms with Crippen molar-refractivity contribution in [2.45, 2.75) is 0 Å². The fourth-order valence-electron chi connectivity index (χ4n) is 7.31. The molecule has 0 radical (unpaired) electrons. The summed E-state index contributed by atoms with van der Waals surface area (Å²) in [4.78, 5) is 0. The van der Waals surface area contributed by atoms with Gasteiger partial charge in [0.1, 0.15) is 0 Å². The number of rotatable bonds is 3. The molecule has 0 fully saturated rings. The van der Waals surface area contributed by atoms with E-state index < -0.39 is 0 Å². The molecular formula is C42H26N2S. The molecule has 10 aromatic rings. The van der Waals surface area contributed by atoms with Gasteiger partial charge in [-0.3, -0.25) is 0 Å². The number of hydrogen-bond donors (Lipinski definition) is 0. The Kier molecular flexibility index (Phi) is 5.19. The minimum Gasteiger partial charge on any atom is -0.309 e. The van der Waals surface area contributed by atoms with Crippen molar-refractivity contribution in [2.24, 2.45) is 0 Å². The number of benzene rings is 7. The number of hydrogen-bond acceptors (Lipinski definition) is 1. The van der Waals surface area contributed by atoms with E-state index in [9.17, 15) is 0 Å². The van der Waals surface area contributed by atoms with Crippen molar-refractivity contribution in [3.05, 3.63) is 158 Å². The number of nitrogens with zero attached hydrogens (tertiary/aromatic N) is 2. The van der Waals surface area contributed by atoms with Crippen LogP contribution in [0.15, 0.2) is 158 Å². The molecule has 0 atom stereocenters. The van der Waals surface area contributed by atoms with Crippen molar-refractivity contribution in [1.82, 2.24) is 9.13 Å². The van der Waals surface area contributed by atoms with Gasteiger partial charge in [-0.25, -0.2) is 0 Å². The van der Waals surface area contributed by atoms with Crippen LogP contribution in [0.4, 0.5) is 0 Å². The minimum absolute atomic E-state index is 1.17. The molecule has 0 saturated heterocycles. The van der Waals surface area contributed by atoms with Crippen molar-refractivity contribution in [1.29, 1.82) is 0 Å². The van der Waals surface area contributed by atoms with Gasteiger partial charge in [-0.15, -0.1) is 11.3 Å². The number of fused-ring (bicyclic) bond motifs is 10. The standard InChI is InChI=1S/C42H26N2S/c1-2-10-29(11-3-1)44-39-25-20-28(26-36(39)34-23-24-35-33-14-6-9-17-40(33)45-42(35)41(34)44)27-18-21-30(22-19-27)43-37-15-7-4-12-31(37)32-13-5-8-16-38(32)43/h1-26H. The number of aromatic nitrogens is 2. The van der Waals surface area contributed by atoms with Crippen molar-refractivity contribution < 1.29 is 0 Å². The van der Waals surface area contributed by atoms with Gasteiger partial charge >= 0.3 is 0 Å². The summed E-state index contributed by atoms with van der Waals surface area (Å²) in [6, 6.07) is 57.6. The van der Waals surface area contributed by atoms with Crippen LogP contribution in [0, 0.1) is 0 Å². The van der Waals surface area contributed by atoms with Crippen molar-refractivity contribution >= 4 is 75.1 Å². The largest absolute Gasteiger partial charge is 0.309 e. The lowest BCUT2D eigenvalue weighted by Crippen LogP contribution is -1.94. The summed E-state index contributed by atoms with van der Waals surface area (Å²) in [7, 11) is 0. The quantitative estimate of drug-likeness (QED) is 0.194. The van der Waals surface area contributed by atoms with Crippen LogP contribution in [-0.2, 0) is 0 Å². The molecule has 7 aromatic carbocycles. The third-order valence-corrected chi connectivity index (χ3v) is 10.5. The molecule has 0 saturated carbocycles. The zero-order valence-electron chi connectivity index (χ0n) is 24.3. The molecular weight excluding hydrogens is 565 g/mol. The minimum atomic E-state index is 1.17. The summed E-state index contributed by atoms with van der Waals surface area (Å²) >= 11 is 1.89. The number of para-hydroxylation sites is 3. The van der Waals surface area contributed by atoms with Crippen molar-refractivity contribution in [2.75, 3.05) is 0 Å². The molecule has 0 spiro atoms. The van der Waals surface area contributed by atoms with Gasteiger partial charge in [-0.1, -0.05) is 103 Å². The second-order valence-electron chi connectivity index (χ2n) is 11.8. The Balaban J connectivity index is 1.17. The highest BCUT2D eigenvalue weighted by Crippen LogP contribution is 2.43. The van der Waals surface area contributed by atoms with Gasteiger partial charge in [-0.05, 0) is 65.7 Å². The Hall–Kier alpha value is -5.64. The molecule has 0 bridgehead atoms. The molecule has 0 unspecified atom stereocenters. The predicted octanol–water partition coefficient (Wildman–Crippen LogP) is 11.9. The molecule has 3 aromatic heterocycles. The topological polar surface area (TPSA) is 9.86 Å². The van der Waals surface area contributed by atoms with Crippen LogP contribution < -0.4 is 0 Å². The van der Waals surface area contributed by atoms with E-state index in [0.29, 0.717) is 0 Å². The summed E-state index contributed by atoms with van der Waals surface area (Å²) in [6.07, 6.45) is 0. The molecule has 45 heavy (non-hydrogen) atoms. The Morgan fingerprint density at radius 1 is 0.356 bits per heavy atom. The van der Waals surface area contributed by atoms with Crippen molar-refractivity contribution in [3.63, 3.8) is 0 Å². The van der Waals surface area contributed by atoms with E-state index in [1.54, 1.807) is 0 Å². The molecule has 10 rings (SSSR count). The van der Waals surface area contributed by atoms with Gasteiger partial charge in [0.15, 0.2) is 0 Å². The first-order valence-electron chi connectivity index (χ1n) is 15.4. The van der Waals surface area contributed by atoms with Crippen LogP contribution in [0.3, 0.4) is 0 Å². The maximum atomic E-state index is 2.46. The maximum absolute atomic E-state index is 2.46. The molecule has 3 heteroatoms. The van der Waals surface area contributed by atoms with Crippen LogP contribution in [0.25, 0.3) is 86.3 Å². The van der Waals surface area contributed by atoms with E-state index >= 15 is 0 Å². The zero-order chi connectivity index (χ0) is 29.5. The summed E-state index contributed by atoms with van der Waals surface area (Å²) < 4.78 is 7.50. The first kappa shape index (κ1) is 24.8. The highest BCUT2D eigenvalue weighted by atomic mass is 32.1. The maximum Gasteiger partial charge on any atom is 0.0719 e. The third kappa shape index (κ3) is 3.56. The lowest BCUT2D eigenvalue weighted by atomic mass is 10.0. The normalized spacial score (nSPS) is 12.0. The number of thiophene rings is 1. The van der Waals surface area contributed by atoms with E-state index in [-0.39, 0.29) is 0 Å². The van der Waals surface area contributed by atoms with E-state index in [1.807, 2.05) is 11.3 Å². The average molecular weight is 591 g/mol. The van der Waals surface area contributed by atoms with Gasteiger partial charge in [0.05, 0.1) is 26.8 Å². The van der Waals surface area contributed by atoms with Crippen LogP contribution in [0.5, 0.6) is 0 Å². The molecule has 0 aliphatic carbocycles. The Bertz CT molecular complexity index is 2690. The summed E-state index contributed by atoms with van der Waals surface area (Å²) in [5, 5.41) is 7.78. The van der Waals surface area contributed by atoms with Gasteiger partial charge in [0.2, 0.25) is 0 Å². The SMILES string of the molecule is c1ccc(-n2c3ccc(-c4ccc(-n5c6ccccc6c6ccccc65)cc4)cc3c3ccc4c5ccccc5sc4c32)cc1. The van der Waals surface area contributed by atoms with Crippen LogP contribution in [-0.4, -0.2) is 9.13 Å². The average Bonchev–Trinajstić information content (AvgIpc) is 3.76. The van der Waals surface area contributed by atoms with Crippen LogP contribution >= 0.6 is 11.3 Å². The first-order chi connectivity index (χ1) is 22.3. The van der Waals surface area contributed by atoms with E-state index in [4.69, 9.17) is 0 Å². The first-order valence-corrected chi connectivity index (χ1v) is 16.2. The fourth-order valence-corrected chi connectivity index (χ4v) is 8.55. The van der Waals surface area contributed by atoms with Crippen LogP contribution in [0.1, 0.15) is 0 Å². The Morgan fingerprint density at radius 2 is 0.933 bits per heavy atom. The lowest BCUT2D eigenvalue weighted by molar-refractivity contribution is 1.18. The van der Waals surface area contributed by atoms with E-state index in [1.165, 1.54) is 86.3 Å². The molecule has 210 valence electrons. The second kappa shape index (κ2) is 9.43. The zero-order valence-corrected chi connectivity index (χ0v) is 25.1. The van der Waals surface area contributed by atoms with Crippen molar-refractivity contribution in [3.8, 4) is 22.5 Å². The molecule has 0 aliphatic rings. The second-order valence-corrected chi connectivity index (χ2v) is 12.8. The molecule has 0 aliphatic heterocycles. The molecule has 0 amide bonds. The van der Waals surface area contributed by atoms with Gasteiger partial charge in [0.25, 0.3) is 0 Å². The van der Waals surface area contributed by atoms with Crippen LogP contribution in [0.2, 0.25) is 0 Å². The summed E-state index contributed by atoms with van der Waals surface area (Å²) in [5.74, 6) is 0. The molecule has 3 heterocycles. The molecule has 0 N–H and O–H groups in total. The molecule has 2 nitrogen and oxygen atoms in total. The smallest absolute Gasteiger partial charge is 0.0719 e. The van der Waals surface area contributed by atoms with Gasteiger partial charge in [-0.2, -0.15) is 0 Å². The van der Waals surface area contributed by atoms with Gasteiger partial charge in [0, 0.05) is 48.4 Å². The predicted molar refractivity (Wildman–Crippen MR) is 193 cm³/mol. The highest BCUT2D eigenvalue weighted by molar-refractivity contribution is 7.26. The monoisotopic (exact) mass is 590 g/mol. The third-order valence-electron chi connectivity index (χ3n) is 9.33. The Morgan fingerprint density at radius 3 is 1.69 bits per heavy atom. The Labute approximate surface area is 263 Å². The van der Waals surface area contributed by atoms with E-state index in [2.05, 4.69) is 167 Å².